The Kier molecular flexibility index (Phi) is 6.33. The van der Waals surface area contributed by atoms with E-state index in [1.807, 2.05) is 37.3 Å². The number of ether oxygens (including phenoxy) is 2. The second-order valence-corrected chi connectivity index (χ2v) is 6.98. The first-order valence-electron chi connectivity index (χ1n) is 8.33. The largest absolute Gasteiger partial charge is 0.472 e. The Labute approximate surface area is 171 Å². The summed E-state index contributed by atoms with van der Waals surface area (Å²) in [5.74, 6) is 1.52. The quantitative estimate of drug-likeness (QED) is 0.448. The highest BCUT2D eigenvalue weighted by Crippen LogP contribution is 2.39. The van der Waals surface area contributed by atoms with Crippen molar-refractivity contribution in [3.8, 4) is 23.4 Å². The minimum Gasteiger partial charge on any atom is -0.472 e. The normalized spacial score (nSPS) is 10.3. The van der Waals surface area contributed by atoms with Crippen LogP contribution in [0.1, 0.15) is 23.6 Å². The average Bonchev–Trinajstić information content (AvgIpc) is 2.69. The first-order valence-corrected chi connectivity index (χ1v) is 9.50. The molecule has 27 heavy (non-hydrogen) atoms. The van der Waals surface area contributed by atoms with Crippen molar-refractivity contribution in [1.29, 1.82) is 5.26 Å². The van der Waals surface area contributed by atoms with Crippen molar-refractivity contribution in [1.82, 2.24) is 4.98 Å². The highest BCUT2D eigenvalue weighted by atomic mass is 79.9. The lowest BCUT2D eigenvalue weighted by molar-refractivity contribution is 0.289. The van der Waals surface area contributed by atoms with Crippen molar-refractivity contribution in [2.45, 2.75) is 20.0 Å². The van der Waals surface area contributed by atoms with Crippen LogP contribution in [0.25, 0.3) is 0 Å². The van der Waals surface area contributed by atoms with Crippen LogP contribution in [0.3, 0.4) is 0 Å². The SMILES string of the molecule is CCc1cnc(OCc2ccccc2)c(Br)c1Oc1cc(Cl)cc(C#N)c1. The Morgan fingerprint density at radius 2 is 1.96 bits per heavy atom. The molecule has 0 saturated heterocycles. The van der Waals surface area contributed by atoms with Gasteiger partial charge < -0.3 is 9.47 Å². The minimum absolute atomic E-state index is 0.396. The maximum Gasteiger partial charge on any atom is 0.232 e. The molecular formula is C21H16BrClN2O2. The van der Waals surface area contributed by atoms with Crippen LogP contribution in [-0.2, 0) is 13.0 Å². The number of aromatic nitrogens is 1. The number of halogens is 2. The second kappa shape index (κ2) is 8.90. The molecule has 0 unspecified atom stereocenters. The summed E-state index contributed by atoms with van der Waals surface area (Å²) >= 11 is 9.63. The van der Waals surface area contributed by atoms with E-state index in [0.717, 1.165) is 17.5 Å². The molecule has 4 nitrogen and oxygen atoms in total. The summed E-state index contributed by atoms with van der Waals surface area (Å²) < 4.78 is 12.5. The van der Waals surface area contributed by atoms with Gasteiger partial charge >= 0.3 is 0 Å². The van der Waals surface area contributed by atoms with Gasteiger partial charge in [-0.1, -0.05) is 48.9 Å². The molecule has 2 aromatic carbocycles. The lowest BCUT2D eigenvalue weighted by Crippen LogP contribution is -2.01. The fourth-order valence-electron chi connectivity index (χ4n) is 2.48. The van der Waals surface area contributed by atoms with Crippen molar-refractivity contribution >= 4 is 27.5 Å². The molecule has 0 bridgehead atoms. The van der Waals surface area contributed by atoms with Crippen molar-refractivity contribution in [2.75, 3.05) is 0 Å². The molecule has 0 aliphatic carbocycles. The van der Waals surface area contributed by atoms with Gasteiger partial charge in [0.1, 0.15) is 16.8 Å². The number of pyridine rings is 1. The summed E-state index contributed by atoms with van der Waals surface area (Å²) in [7, 11) is 0. The molecule has 0 spiro atoms. The third kappa shape index (κ3) is 4.79. The molecule has 0 N–H and O–H groups in total. The first-order chi connectivity index (χ1) is 13.1. The van der Waals surface area contributed by atoms with Crippen LogP contribution in [-0.4, -0.2) is 4.98 Å². The predicted molar refractivity (Wildman–Crippen MR) is 108 cm³/mol. The summed E-state index contributed by atoms with van der Waals surface area (Å²) in [5, 5.41) is 9.56. The van der Waals surface area contributed by atoms with E-state index in [9.17, 15) is 0 Å². The molecule has 0 aliphatic rings. The molecule has 0 saturated carbocycles. The molecule has 1 heterocycles. The molecule has 0 amide bonds. The molecule has 0 fully saturated rings. The van der Waals surface area contributed by atoms with Crippen LogP contribution in [0.2, 0.25) is 5.02 Å². The number of aryl methyl sites for hydroxylation is 1. The van der Waals surface area contributed by atoms with E-state index in [0.29, 0.717) is 39.0 Å². The number of hydrogen-bond acceptors (Lipinski definition) is 4. The van der Waals surface area contributed by atoms with Crippen LogP contribution in [0, 0.1) is 11.3 Å². The van der Waals surface area contributed by atoms with E-state index in [-0.39, 0.29) is 0 Å². The van der Waals surface area contributed by atoms with Gasteiger partial charge in [0.2, 0.25) is 5.88 Å². The zero-order chi connectivity index (χ0) is 19.2. The van der Waals surface area contributed by atoms with Gasteiger partial charge in [0.05, 0.1) is 11.6 Å². The maximum absolute atomic E-state index is 9.13. The van der Waals surface area contributed by atoms with Gasteiger partial charge in [0.25, 0.3) is 0 Å². The average molecular weight is 444 g/mol. The summed E-state index contributed by atoms with van der Waals surface area (Å²) in [6.45, 7) is 2.41. The molecule has 6 heteroatoms. The third-order valence-corrected chi connectivity index (χ3v) is 4.75. The van der Waals surface area contributed by atoms with Gasteiger partial charge in [-0.05, 0) is 46.1 Å². The van der Waals surface area contributed by atoms with Crippen LogP contribution < -0.4 is 9.47 Å². The van der Waals surface area contributed by atoms with Crippen LogP contribution in [0.15, 0.2) is 59.2 Å². The third-order valence-electron chi connectivity index (χ3n) is 3.84. The smallest absolute Gasteiger partial charge is 0.232 e. The molecule has 3 rings (SSSR count). The first kappa shape index (κ1) is 19.2. The van der Waals surface area contributed by atoms with Gasteiger partial charge in [0.15, 0.2) is 5.75 Å². The number of nitrogens with zero attached hydrogens (tertiary/aromatic N) is 2. The predicted octanol–water partition coefficient (Wildman–Crippen LogP) is 6.30. The number of nitriles is 1. The Morgan fingerprint density at radius 3 is 2.67 bits per heavy atom. The minimum atomic E-state index is 0.396. The molecular weight excluding hydrogens is 428 g/mol. The Bertz CT molecular complexity index is 987. The monoisotopic (exact) mass is 442 g/mol. The zero-order valence-corrected chi connectivity index (χ0v) is 16.9. The zero-order valence-electron chi connectivity index (χ0n) is 14.6. The van der Waals surface area contributed by atoms with Crippen molar-refractivity contribution in [3.63, 3.8) is 0 Å². The van der Waals surface area contributed by atoms with Gasteiger partial charge in [-0.25, -0.2) is 4.98 Å². The van der Waals surface area contributed by atoms with E-state index in [1.54, 1.807) is 24.4 Å². The number of hydrogen-bond donors (Lipinski definition) is 0. The fraction of sp³-hybridized carbons (Fsp3) is 0.143. The lowest BCUT2D eigenvalue weighted by Gasteiger charge is -2.15. The second-order valence-electron chi connectivity index (χ2n) is 5.75. The van der Waals surface area contributed by atoms with Gasteiger partial charge in [-0.2, -0.15) is 5.26 Å². The molecule has 136 valence electrons. The highest BCUT2D eigenvalue weighted by molar-refractivity contribution is 9.10. The van der Waals surface area contributed by atoms with E-state index >= 15 is 0 Å². The fourth-order valence-corrected chi connectivity index (χ4v) is 3.26. The van der Waals surface area contributed by atoms with E-state index in [1.165, 1.54) is 0 Å². The van der Waals surface area contributed by atoms with Gasteiger partial charge in [-0.15, -0.1) is 0 Å². The van der Waals surface area contributed by atoms with E-state index in [2.05, 4.69) is 27.0 Å². The van der Waals surface area contributed by atoms with Crippen molar-refractivity contribution < 1.29 is 9.47 Å². The molecule has 0 aliphatic heterocycles. The van der Waals surface area contributed by atoms with Gasteiger partial charge in [-0.3, -0.25) is 0 Å². The Balaban J connectivity index is 1.89. The van der Waals surface area contributed by atoms with Gasteiger partial charge in [0, 0.05) is 16.8 Å². The summed E-state index contributed by atoms with van der Waals surface area (Å²) in [5.41, 5.74) is 2.38. The topological polar surface area (TPSA) is 55.1 Å². The lowest BCUT2D eigenvalue weighted by atomic mass is 10.2. The molecule has 0 atom stereocenters. The summed E-state index contributed by atoms with van der Waals surface area (Å²) in [6.07, 6.45) is 2.46. The van der Waals surface area contributed by atoms with Crippen molar-refractivity contribution in [3.05, 3.63) is 80.9 Å². The molecule has 3 aromatic rings. The van der Waals surface area contributed by atoms with Crippen molar-refractivity contribution in [2.24, 2.45) is 0 Å². The maximum atomic E-state index is 9.13. The molecule has 1 aromatic heterocycles. The van der Waals surface area contributed by atoms with Crippen LogP contribution in [0.4, 0.5) is 0 Å². The number of benzene rings is 2. The Morgan fingerprint density at radius 1 is 1.19 bits per heavy atom. The standard InChI is InChI=1S/C21H16BrClN2O2/c1-2-16-12-25-21(26-13-14-6-4-3-5-7-14)19(22)20(16)27-18-9-15(11-24)8-17(23)10-18/h3-10,12H,2,13H2,1H3. The van der Waals surface area contributed by atoms with E-state index < -0.39 is 0 Å². The van der Waals surface area contributed by atoms with E-state index in [4.69, 9.17) is 26.3 Å². The molecule has 0 radical (unpaired) electrons. The highest BCUT2D eigenvalue weighted by Gasteiger charge is 2.16. The van der Waals surface area contributed by atoms with Crippen LogP contribution in [0.5, 0.6) is 17.4 Å². The summed E-state index contributed by atoms with van der Waals surface area (Å²) in [6, 6.07) is 16.8. The van der Waals surface area contributed by atoms with Crippen LogP contribution >= 0.6 is 27.5 Å². The number of rotatable bonds is 6. The summed E-state index contributed by atoms with van der Waals surface area (Å²) in [4.78, 5) is 4.39. The Hall–Kier alpha value is -2.55.